The molecule has 4 heterocycles. The lowest BCUT2D eigenvalue weighted by Crippen LogP contribution is -2.47. The van der Waals surface area contributed by atoms with Crippen molar-refractivity contribution >= 4 is 11.0 Å². The van der Waals surface area contributed by atoms with E-state index >= 15 is 0 Å². The maximum atomic E-state index is 4.60. The summed E-state index contributed by atoms with van der Waals surface area (Å²) in [4.78, 5) is 17.0. The molecule has 0 spiro atoms. The predicted molar refractivity (Wildman–Crippen MR) is 103 cm³/mol. The smallest absolute Gasteiger partial charge is 0.141 e. The van der Waals surface area contributed by atoms with E-state index in [0.717, 1.165) is 41.9 Å². The monoisotopic (exact) mass is 353 g/mol. The maximum Gasteiger partial charge on any atom is 0.141 e. The number of nitrogens with one attached hydrogen (secondary N) is 1. The van der Waals surface area contributed by atoms with Crippen LogP contribution in [0.3, 0.4) is 0 Å². The lowest BCUT2D eigenvalue weighted by molar-refractivity contribution is 0.119. The van der Waals surface area contributed by atoms with Crippen LogP contribution >= 0.6 is 0 Å². The summed E-state index contributed by atoms with van der Waals surface area (Å²) in [6, 6.07) is 2.35. The van der Waals surface area contributed by atoms with Crippen molar-refractivity contribution in [2.45, 2.75) is 26.3 Å². The van der Waals surface area contributed by atoms with Gasteiger partial charge in [-0.1, -0.05) is 6.92 Å². The van der Waals surface area contributed by atoms with Crippen molar-refractivity contribution in [3.05, 3.63) is 31.0 Å². The summed E-state index contributed by atoms with van der Waals surface area (Å²) in [5.74, 6) is 0. The SMILES string of the molecule is CCCN1CCN(CC(C)n2cc(-c3ncnc4[nH]ccc34)cn2)CC1. The summed E-state index contributed by atoms with van der Waals surface area (Å²) < 4.78 is 2.06. The highest BCUT2D eigenvalue weighted by molar-refractivity contribution is 5.89. The van der Waals surface area contributed by atoms with Gasteiger partial charge in [-0.25, -0.2) is 9.97 Å². The van der Waals surface area contributed by atoms with Crippen LogP contribution in [0.4, 0.5) is 0 Å². The average Bonchev–Trinajstić information content (AvgIpc) is 3.33. The first-order chi connectivity index (χ1) is 12.7. The normalized spacial score (nSPS) is 17.8. The van der Waals surface area contributed by atoms with Crippen LogP contribution < -0.4 is 0 Å². The van der Waals surface area contributed by atoms with Gasteiger partial charge in [0.2, 0.25) is 0 Å². The van der Waals surface area contributed by atoms with Gasteiger partial charge in [0.1, 0.15) is 12.0 Å². The average molecular weight is 353 g/mol. The van der Waals surface area contributed by atoms with Gasteiger partial charge in [-0.15, -0.1) is 0 Å². The number of nitrogens with zero attached hydrogens (tertiary/aromatic N) is 6. The van der Waals surface area contributed by atoms with E-state index in [2.05, 4.69) is 54.6 Å². The number of aromatic amines is 1. The topological polar surface area (TPSA) is 65.9 Å². The molecular weight excluding hydrogens is 326 g/mol. The minimum atomic E-state index is 0.338. The molecule has 0 radical (unpaired) electrons. The summed E-state index contributed by atoms with van der Waals surface area (Å²) in [5, 5.41) is 5.64. The first-order valence-corrected chi connectivity index (χ1v) is 9.52. The minimum absolute atomic E-state index is 0.338. The second kappa shape index (κ2) is 7.55. The predicted octanol–water partition coefficient (Wildman–Crippen LogP) is 2.41. The fourth-order valence-corrected chi connectivity index (χ4v) is 3.77. The first-order valence-electron chi connectivity index (χ1n) is 9.52. The summed E-state index contributed by atoms with van der Waals surface area (Å²) in [6.07, 6.45) is 8.75. The van der Waals surface area contributed by atoms with E-state index in [-0.39, 0.29) is 0 Å². The van der Waals surface area contributed by atoms with Crippen LogP contribution in [0.1, 0.15) is 26.3 Å². The first kappa shape index (κ1) is 17.2. The number of hydrogen-bond donors (Lipinski definition) is 1. The summed E-state index contributed by atoms with van der Waals surface area (Å²) in [5.41, 5.74) is 2.83. The van der Waals surface area contributed by atoms with Crippen LogP contribution in [0.15, 0.2) is 31.0 Å². The summed E-state index contributed by atoms with van der Waals surface area (Å²) in [6.45, 7) is 11.4. The third-order valence-electron chi connectivity index (χ3n) is 5.21. The Balaban J connectivity index is 1.42. The highest BCUT2D eigenvalue weighted by Crippen LogP contribution is 2.25. The molecule has 26 heavy (non-hydrogen) atoms. The van der Waals surface area contributed by atoms with Crippen molar-refractivity contribution < 1.29 is 0 Å². The molecule has 0 saturated carbocycles. The van der Waals surface area contributed by atoms with Gasteiger partial charge in [0.15, 0.2) is 0 Å². The van der Waals surface area contributed by atoms with Crippen molar-refractivity contribution in [2.24, 2.45) is 0 Å². The number of piperazine rings is 1. The Morgan fingerprint density at radius 1 is 1.15 bits per heavy atom. The molecule has 1 saturated heterocycles. The quantitative estimate of drug-likeness (QED) is 0.737. The van der Waals surface area contributed by atoms with Crippen LogP contribution in [0.25, 0.3) is 22.3 Å². The molecule has 4 rings (SSSR count). The van der Waals surface area contributed by atoms with Gasteiger partial charge in [-0.05, 0) is 26.0 Å². The molecule has 7 nitrogen and oxygen atoms in total. The van der Waals surface area contributed by atoms with E-state index in [9.17, 15) is 0 Å². The molecule has 0 aliphatic carbocycles. The third-order valence-corrected chi connectivity index (χ3v) is 5.21. The summed E-state index contributed by atoms with van der Waals surface area (Å²) >= 11 is 0. The molecule has 0 aromatic carbocycles. The Morgan fingerprint density at radius 3 is 2.77 bits per heavy atom. The Kier molecular flexibility index (Phi) is 4.99. The number of hydrogen-bond acceptors (Lipinski definition) is 5. The van der Waals surface area contributed by atoms with E-state index in [1.165, 1.54) is 26.1 Å². The van der Waals surface area contributed by atoms with Gasteiger partial charge in [-0.2, -0.15) is 5.10 Å². The van der Waals surface area contributed by atoms with E-state index in [4.69, 9.17) is 0 Å². The van der Waals surface area contributed by atoms with Crippen molar-refractivity contribution in [1.82, 2.24) is 34.5 Å². The molecule has 138 valence electrons. The van der Waals surface area contributed by atoms with Crippen LogP contribution in [0, 0.1) is 0 Å². The van der Waals surface area contributed by atoms with Gasteiger partial charge in [0, 0.05) is 56.1 Å². The maximum absolute atomic E-state index is 4.60. The van der Waals surface area contributed by atoms with Crippen LogP contribution in [0.5, 0.6) is 0 Å². The minimum Gasteiger partial charge on any atom is -0.346 e. The van der Waals surface area contributed by atoms with Gasteiger partial charge in [-0.3, -0.25) is 9.58 Å². The third kappa shape index (κ3) is 3.50. The fourth-order valence-electron chi connectivity index (χ4n) is 3.77. The Bertz CT molecular complexity index is 844. The molecule has 1 N–H and O–H groups in total. The summed E-state index contributed by atoms with van der Waals surface area (Å²) in [7, 11) is 0. The van der Waals surface area contributed by atoms with E-state index < -0.39 is 0 Å². The largest absolute Gasteiger partial charge is 0.346 e. The molecule has 3 aromatic heterocycles. The molecule has 1 unspecified atom stereocenters. The van der Waals surface area contributed by atoms with Gasteiger partial charge in [0.25, 0.3) is 0 Å². The molecular formula is C19H27N7. The van der Waals surface area contributed by atoms with Crippen molar-refractivity contribution in [3.8, 4) is 11.3 Å². The molecule has 1 fully saturated rings. The lowest BCUT2D eigenvalue weighted by atomic mass is 10.2. The fraction of sp³-hybridized carbons (Fsp3) is 0.526. The molecule has 1 atom stereocenters. The van der Waals surface area contributed by atoms with Gasteiger partial charge < -0.3 is 9.88 Å². The van der Waals surface area contributed by atoms with Crippen molar-refractivity contribution in [2.75, 3.05) is 39.3 Å². The zero-order valence-corrected chi connectivity index (χ0v) is 15.6. The van der Waals surface area contributed by atoms with E-state index in [1.807, 2.05) is 18.5 Å². The number of aromatic nitrogens is 5. The van der Waals surface area contributed by atoms with Crippen LogP contribution in [-0.2, 0) is 0 Å². The molecule has 1 aliphatic rings. The second-order valence-corrected chi connectivity index (χ2v) is 7.16. The molecule has 1 aliphatic heterocycles. The van der Waals surface area contributed by atoms with E-state index in [0.29, 0.717) is 6.04 Å². The highest BCUT2D eigenvalue weighted by Gasteiger charge is 2.19. The number of rotatable bonds is 6. The molecule has 3 aromatic rings. The van der Waals surface area contributed by atoms with Crippen molar-refractivity contribution in [1.29, 1.82) is 0 Å². The van der Waals surface area contributed by atoms with Crippen LogP contribution in [0.2, 0.25) is 0 Å². The molecule has 0 bridgehead atoms. The number of fused-ring (bicyclic) bond motifs is 1. The highest BCUT2D eigenvalue weighted by atomic mass is 15.3. The van der Waals surface area contributed by atoms with Crippen molar-refractivity contribution in [3.63, 3.8) is 0 Å². The second-order valence-electron chi connectivity index (χ2n) is 7.16. The van der Waals surface area contributed by atoms with Gasteiger partial charge in [0.05, 0.1) is 17.9 Å². The standard InChI is InChI=1S/C19H27N7/c1-3-6-24-7-9-25(10-8-24)12-15(2)26-13-16(11-23-26)18-17-4-5-20-19(17)22-14-21-18/h4-5,11,13-15H,3,6-10,12H2,1-2H3,(H,20,21,22). The zero-order chi connectivity index (χ0) is 17.9. The van der Waals surface area contributed by atoms with Gasteiger partial charge >= 0.3 is 0 Å². The Hall–Kier alpha value is -2.25. The molecule has 0 amide bonds. The number of H-pyrrole nitrogens is 1. The Morgan fingerprint density at radius 2 is 1.96 bits per heavy atom. The van der Waals surface area contributed by atoms with E-state index in [1.54, 1.807) is 6.33 Å². The zero-order valence-electron chi connectivity index (χ0n) is 15.6. The molecule has 7 heteroatoms. The lowest BCUT2D eigenvalue weighted by Gasteiger charge is -2.35. The Labute approximate surface area is 154 Å². The van der Waals surface area contributed by atoms with Crippen LogP contribution in [-0.4, -0.2) is 73.8 Å².